The van der Waals surface area contributed by atoms with E-state index in [9.17, 15) is 4.79 Å². The van der Waals surface area contributed by atoms with E-state index >= 15 is 0 Å². The molecule has 8 heteroatoms. The zero-order chi connectivity index (χ0) is 22.0. The van der Waals surface area contributed by atoms with Crippen molar-refractivity contribution in [2.24, 2.45) is 5.10 Å². The summed E-state index contributed by atoms with van der Waals surface area (Å²) in [5, 5.41) is 5.98. The number of aromatic nitrogens is 2. The van der Waals surface area contributed by atoms with Gasteiger partial charge in [0.25, 0.3) is 5.56 Å². The fraction of sp³-hybridized carbons (Fsp3) is 0.0870. The molecular formula is C23H16BrCl2N3O2. The number of nitrogens with zero attached hydrogens (tertiary/aromatic N) is 3. The molecule has 0 saturated carbocycles. The Hall–Kier alpha value is -2.67. The van der Waals surface area contributed by atoms with Crippen LogP contribution in [0.3, 0.4) is 0 Å². The van der Waals surface area contributed by atoms with Gasteiger partial charge in [-0.25, -0.2) is 4.98 Å². The largest absolute Gasteiger partial charge is 0.489 e. The van der Waals surface area contributed by atoms with Gasteiger partial charge in [-0.1, -0.05) is 45.2 Å². The second kappa shape index (κ2) is 9.22. The standard InChI is InChI=1S/C23H16BrCl2N3O2/c1-14-28-22-9-5-17(24)10-20(22)23(30)29(14)27-12-15-2-7-19(8-3-15)31-13-16-4-6-18(25)11-21(16)26/h2-12H,13H2,1H3. The van der Waals surface area contributed by atoms with E-state index in [1.54, 1.807) is 37.4 Å². The molecule has 0 spiro atoms. The SMILES string of the molecule is Cc1nc2ccc(Br)cc2c(=O)n1N=Cc1ccc(OCc2ccc(Cl)cc2Cl)cc1. The third-order valence-corrected chi connectivity index (χ3v) is 5.66. The lowest BCUT2D eigenvalue weighted by molar-refractivity contribution is 0.306. The molecule has 0 aliphatic heterocycles. The summed E-state index contributed by atoms with van der Waals surface area (Å²) in [7, 11) is 0. The number of fused-ring (bicyclic) bond motifs is 1. The van der Waals surface area contributed by atoms with Crippen LogP contribution in [0, 0.1) is 6.92 Å². The first kappa shape index (κ1) is 21.6. The molecule has 5 nitrogen and oxygen atoms in total. The van der Waals surface area contributed by atoms with E-state index in [4.69, 9.17) is 27.9 Å². The second-order valence-corrected chi connectivity index (χ2v) is 8.53. The van der Waals surface area contributed by atoms with E-state index in [1.165, 1.54) is 4.68 Å². The van der Waals surface area contributed by atoms with Gasteiger partial charge < -0.3 is 4.74 Å². The van der Waals surface area contributed by atoms with Crippen molar-refractivity contribution in [1.82, 2.24) is 9.66 Å². The van der Waals surface area contributed by atoms with Crippen molar-refractivity contribution in [2.45, 2.75) is 13.5 Å². The van der Waals surface area contributed by atoms with Gasteiger partial charge in [-0.15, -0.1) is 0 Å². The summed E-state index contributed by atoms with van der Waals surface area (Å²) in [6.45, 7) is 2.08. The Morgan fingerprint density at radius 3 is 2.61 bits per heavy atom. The van der Waals surface area contributed by atoms with E-state index < -0.39 is 0 Å². The summed E-state index contributed by atoms with van der Waals surface area (Å²) in [5.74, 6) is 1.20. The highest BCUT2D eigenvalue weighted by Gasteiger charge is 2.08. The Morgan fingerprint density at radius 2 is 1.87 bits per heavy atom. The number of hydrogen-bond acceptors (Lipinski definition) is 4. The molecule has 0 aliphatic rings. The minimum Gasteiger partial charge on any atom is -0.489 e. The van der Waals surface area contributed by atoms with Crippen molar-refractivity contribution < 1.29 is 4.74 Å². The molecule has 4 rings (SSSR count). The molecule has 0 bridgehead atoms. The van der Waals surface area contributed by atoms with Gasteiger partial charge in [-0.2, -0.15) is 9.78 Å². The van der Waals surface area contributed by atoms with Crippen LogP contribution in [-0.2, 0) is 6.61 Å². The van der Waals surface area contributed by atoms with Crippen LogP contribution in [0.2, 0.25) is 10.0 Å². The summed E-state index contributed by atoms with van der Waals surface area (Å²) in [6.07, 6.45) is 1.61. The lowest BCUT2D eigenvalue weighted by atomic mass is 10.2. The van der Waals surface area contributed by atoms with Crippen LogP contribution in [0.4, 0.5) is 0 Å². The number of halogens is 3. The van der Waals surface area contributed by atoms with E-state index in [0.717, 1.165) is 15.6 Å². The van der Waals surface area contributed by atoms with Crippen molar-refractivity contribution >= 4 is 56.2 Å². The van der Waals surface area contributed by atoms with Gasteiger partial charge in [0, 0.05) is 20.1 Å². The summed E-state index contributed by atoms with van der Waals surface area (Å²) in [4.78, 5) is 17.3. The van der Waals surface area contributed by atoms with Gasteiger partial charge in [-0.3, -0.25) is 4.79 Å². The van der Waals surface area contributed by atoms with Gasteiger partial charge in [0.2, 0.25) is 0 Å². The second-order valence-electron chi connectivity index (χ2n) is 6.78. The van der Waals surface area contributed by atoms with Crippen LogP contribution < -0.4 is 10.3 Å². The highest BCUT2D eigenvalue weighted by Crippen LogP contribution is 2.23. The van der Waals surface area contributed by atoms with E-state index in [-0.39, 0.29) is 5.56 Å². The van der Waals surface area contributed by atoms with Crippen LogP contribution in [0.25, 0.3) is 10.9 Å². The molecule has 156 valence electrons. The van der Waals surface area contributed by atoms with Crippen molar-refractivity contribution in [2.75, 3.05) is 0 Å². The third-order valence-electron chi connectivity index (χ3n) is 4.58. The molecule has 0 saturated heterocycles. The molecule has 31 heavy (non-hydrogen) atoms. The lowest BCUT2D eigenvalue weighted by Gasteiger charge is -2.08. The van der Waals surface area contributed by atoms with Crippen LogP contribution in [-0.4, -0.2) is 15.9 Å². The van der Waals surface area contributed by atoms with Crippen LogP contribution >= 0.6 is 39.1 Å². The Kier molecular flexibility index (Phi) is 6.41. The maximum Gasteiger partial charge on any atom is 0.282 e. The minimum atomic E-state index is -0.222. The molecule has 4 aromatic rings. The number of aryl methyl sites for hydroxylation is 1. The molecule has 0 radical (unpaired) electrons. The topological polar surface area (TPSA) is 56.5 Å². The smallest absolute Gasteiger partial charge is 0.282 e. The predicted molar refractivity (Wildman–Crippen MR) is 129 cm³/mol. The average Bonchev–Trinajstić information content (AvgIpc) is 2.74. The van der Waals surface area contributed by atoms with Crippen molar-refractivity contribution in [1.29, 1.82) is 0 Å². The van der Waals surface area contributed by atoms with Crippen LogP contribution in [0.15, 0.2) is 75.0 Å². The molecule has 1 heterocycles. The molecule has 0 N–H and O–H groups in total. The normalized spacial score (nSPS) is 11.4. The summed E-state index contributed by atoms with van der Waals surface area (Å²) >= 11 is 15.5. The summed E-state index contributed by atoms with van der Waals surface area (Å²) in [5.41, 5.74) is 2.08. The molecule has 0 amide bonds. The quantitative estimate of drug-likeness (QED) is 0.295. The zero-order valence-electron chi connectivity index (χ0n) is 16.3. The Bertz CT molecular complexity index is 1350. The Labute approximate surface area is 197 Å². The molecular weight excluding hydrogens is 501 g/mol. The van der Waals surface area contributed by atoms with Gasteiger partial charge in [-0.05, 0) is 67.1 Å². The van der Waals surface area contributed by atoms with Gasteiger partial charge in [0.05, 0.1) is 17.1 Å². The Balaban J connectivity index is 1.51. The van der Waals surface area contributed by atoms with Gasteiger partial charge in [0.15, 0.2) is 0 Å². The maximum absolute atomic E-state index is 12.8. The minimum absolute atomic E-state index is 0.222. The molecule has 0 fully saturated rings. The first-order valence-electron chi connectivity index (χ1n) is 9.31. The molecule has 1 aromatic heterocycles. The first-order valence-corrected chi connectivity index (χ1v) is 10.9. The van der Waals surface area contributed by atoms with Gasteiger partial charge >= 0.3 is 0 Å². The Morgan fingerprint density at radius 1 is 1.10 bits per heavy atom. The van der Waals surface area contributed by atoms with Crippen molar-refractivity contribution in [3.63, 3.8) is 0 Å². The number of benzene rings is 3. The number of rotatable bonds is 5. The fourth-order valence-corrected chi connectivity index (χ4v) is 3.79. The third kappa shape index (κ3) is 4.98. The number of ether oxygens (including phenoxy) is 1. The van der Waals surface area contributed by atoms with Crippen molar-refractivity contribution in [3.05, 3.63) is 102 Å². The fourth-order valence-electron chi connectivity index (χ4n) is 2.97. The summed E-state index contributed by atoms with van der Waals surface area (Å²) in [6, 6.07) is 18.1. The number of hydrogen-bond donors (Lipinski definition) is 0. The monoisotopic (exact) mass is 515 g/mol. The predicted octanol–water partition coefficient (Wildman–Crippen LogP) is 6.24. The van der Waals surface area contributed by atoms with Gasteiger partial charge in [0.1, 0.15) is 18.2 Å². The van der Waals surface area contributed by atoms with E-state index in [0.29, 0.717) is 39.1 Å². The van der Waals surface area contributed by atoms with Crippen LogP contribution in [0.5, 0.6) is 5.75 Å². The lowest BCUT2D eigenvalue weighted by Crippen LogP contribution is -2.20. The van der Waals surface area contributed by atoms with E-state index in [2.05, 4.69) is 26.0 Å². The maximum atomic E-state index is 12.8. The van der Waals surface area contributed by atoms with Crippen molar-refractivity contribution in [3.8, 4) is 5.75 Å². The van der Waals surface area contributed by atoms with E-state index in [1.807, 2.05) is 36.4 Å². The highest BCUT2D eigenvalue weighted by molar-refractivity contribution is 9.10. The summed E-state index contributed by atoms with van der Waals surface area (Å²) < 4.78 is 7.89. The molecule has 0 aliphatic carbocycles. The highest BCUT2D eigenvalue weighted by atomic mass is 79.9. The first-order chi connectivity index (χ1) is 14.9. The molecule has 0 atom stereocenters. The zero-order valence-corrected chi connectivity index (χ0v) is 19.4. The van der Waals surface area contributed by atoms with Crippen LogP contribution in [0.1, 0.15) is 17.0 Å². The molecule has 3 aromatic carbocycles. The average molecular weight is 517 g/mol. The molecule has 0 unspecified atom stereocenters.